The van der Waals surface area contributed by atoms with Gasteiger partial charge in [-0.2, -0.15) is 23.5 Å². The van der Waals surface area contributed by atoms with Gasteiger partial charge in [-0.25, -0.2) is 4.79 Å². The molecule has 1 fully saturated rings. The molecule has 1 atom stereocenters. The van der Waals surface area contributed by atoms with Gasteiger partial charge in [0.25, 0.3) is 0 Å². The van der Waals surface area contributed by atoms with E-state index >= 15 is 0 Å². The van der Waals surface area contributed by atoms with Gasteiger partial charge in [-0.3, -0.25) is 4.79 Å². The van der Waals surface area contributed by atoms with Gasteiger partial charge in [0.15, 0.2) is 0 Å². The highest BCUT2D eigenvalue weighted by Gasteiger charge is 2.16. The molecule has 1 saturated heterocycles. The third-order valence-corrected chi connectivity index (χ3v) is 5.86. The van der Waals surface area contributed by atoms with Gasteiger partial charge in [-0.15, -0.1) is 0 Å². The minimum Gasteiger partial charge on any atom is -0.478 e. The van der Waals surface area contributed by atoms with Gasteiger partial charge < -0.3 is 10.4 Å². The molecule has 1 aliphatic heterocycles. The molecule has 1 unspecified atom stereocenters. The molecule has 1 heterocycles. The molecule has 0 spiro atoms. The molecule has 0 aliphatic carbocycles. The number of carbonyl (C=O) groups excluding carboxylic acids is 1. The van der Waals surface area contributed by atoms with Gasteiger partial charge in [0.05, 0.1) is 12.0 Å². The summed E-state index contributed by atoms with van der Waals surface area (Å²) in [6.45, 7) is 0.658. The maximum Gasteiger partial charge on any atom is 0.335 e. The SMILES string of the molecule is O=C(Cc1ccccc1C(=O)O)NCC1CSCCS1. The van der Waals surface area contributed by atoms with Crippen molar-refractivity contribution in [1.29, 1.82) is 0 Å². The van der Waals surface area contributed by atoms with Crippen molar-refractivity contribution in [2.24, 2.45) is 0 Å². The lowest BCUT2D eigenvalue weighted by Gasteiger charge is -2.21. The molecule has 0 bridgehead atoms. The number of nitrogens with one attached hydrogen (secondary N) is 1. The zero-order valence-corrected chi connectivity index (χ0v) is 12.6. The number of carbonyl (C=O) groups is 2. The Morgan fingerprint density at radius 1 is 1.30 bits per heavy atom. The van der Waals surface area contributed by atoms with Crippen LogP contribution in [-0.4, -0.2) is 46.0 Å². The van der Waals surface area contributed by atoms with Gasteiger partial charge in [0, 0.05) is 29.1 Å². The number of thioether (sulfide) groups is 2. The van der Waals surface area contributed by atoms with Crippen molar-refractivity contribution in [2.45, 2.75) is 11.7 Å². The molecule has 2 N–H and O–H groups in total. The van der Waals surface area contributed by atoms with Gasteiger partial charge in [-0.1, -0.05) is 18.2 Å². The number of hydrogen-bond donors (Lipinski definition) is 2. The first-order valence-electron chi connectivity index (χ1n) is 6.44. The minimum absolute atomic E-state index is 0.116. The Kier molecular flexibility index (Phi) is 5.79. The Hall–Kier alpha value is -1.14. The second kappa shape index (κ2) is 7.59. The molecule has 1 aromatic rings. The Bertz CT molecular complexity index is 487. The van der Waals surface area contributed by atoms with E-state index in [0.717, 1.165) is 11.5 Å². The van der Waals surface area contributed by atoms with Gasteiger partial charge in [-0.05, 0) is 11.6 Å². The molecule has 1 aromatic carbocycles. The highest BCUT2D eigenvalue weighted by atomic mass is 32.2. The molecule has 108 valence electrons. The van der Waals surface area contributed by atoms with E-state index in [-0.39, 0.29) is 17.9 Å². The summed E-state index contributed by atoms with van der Waals surface area (Å²) in [7, 11) is 0. The van der Waals surface area contributed by atoms with E-state index in [2.05, 4.69) is 5.32 Å². The van der Waals surface area contributed by atoms with Crippen molar-refractivity contribution in [3.63, 3.8) is 0 Å². The first-order valence-corrected chi connectivity index (χ1v) is 8.64. The van der Waals surface area contributed by atoms with Gasteiger partial charge in [0.2, 0.25) is 5.91 Å². The lowest BCUT2D eigenvalue weighted by molar-refractivity contribution is -0.120. The van der Waals surface area contributed by atoms with Crippen molar-refractivity contribution in [3.8, 4) is 0 Å². The first-order chi connectivity index (χ1) is 9.66. The summed E-state index contributed by atoms with van der Waals surface area (Å²) in [4.78, 5) is 23.0. The van der Waals surface area contributed by atoms with Gasteiger partial charge >= 0.3 is 5.97 Å². The fourth-order valence-electron chi connectivity index (χ4n) is 2.00. The third-order valence-electron chi connectivity index (χ3n) is 3.01. The van der Waals surface area contributed by atoms with Crippen molar-refractivity contribution in [3.05, 3.63) is 35.4 Å². The van der Waals surface area contributed by atoms with E-state index in [0.29, 0.717) is 17.4 Å². The molecule has 0 aromatic heterocycles. The average molecular weight is 311 g/mol. The van der Waals surface area contributed by atoms with E-state index in [4.69, 9.17) is 5.11 Å². The zero-order valence-electron chi connectivity index (χ0n) is 11.0. The number of rotatable bonds is 5. The quantitative estimate of drug-likeness (QED) is 0.869. The van der Waals surface area contributed by atoms with E-state index in [1.54, 1.807) is 18.2 Å². The van der Waals surface area contributed by atoms with Crippen LogP contribution in [0.2, 0.25) is 0 Å². The minimum atomic E-state index is -0.993. The summed E-state index contributed by atoms with van der Waals surface area (Å²) < 4.78 is 0. The third kappa shape index (κ3) is 4.45. The maximum absolute atomic E-state index is 11.9. The summed E-state index contributed by atoms with van der Waals surface area (Å²) in [6, 6.07) is 6.64. The van der Waals surface area contributed by atoms with Crippen LogP contribution >= 0.6 is 23.5 Å². The lowest BCUT2D eigenvalue weighted by atomic mass is 10.0. The molecule has 1 aliphatic rings. The molecular weight excluding hydrogens is 294 g/mol. The van der Waals surface area contributed by atoms with Crippen molar-refractivity contribution in [2.75, 3.05) is 23.8 Å². The second-order valence-electron chi connectivity index (χ2n) is 4.51. The Balaban J connectivity index is 1.86. The molecule has 6 heteroatoms. The van der Waals surface area contributed by atoms with Crippen LogP contribution in [0.1, 0.15) is 15.9 Å². The molecule has 1 amide bonds. The Morgan fingerprint density at radius 2 is 2.10 bits per heavy atom. The number of hydrogen-bond acceptors (Lipinski definition) is 4. The number of benzene rings is 1. The highest BCUT2D eigenvalue weighted by molar-refractivity contribution is 8.06. The summed E-state index contributed by atoms with van der Waals surface area (Å²) in [5.74, 6) is 2.27. The van der Waals surface area contributed by atoms with Crippen molar-refractivity contribution in [1.82, 2.24) is 5.32 Å². The van der Waals surface area contributed by atoms with Crippen molar-refractivity contribution >= 4 is 35.4 Å². The molecule has 2 rings (SSSR count). The topological polar surface area (TPSA) is 66.4 Å². The van der Waals surface area contributed by atoms with Crippen LogP contribution in [-0.2, 0) is 11.2 Å². The Morgan fingerprint density at radius 3 is 2.80 bits per heavy atom. The van der Waals surface area contributed by atoms with E-state index in [9.17, 15) is 9.59 Å². The second-order valence-corrected chi connectivity index (χ2v) is 7.07. The predicted octanol–water partition coefficient (Wildman–Crippen LogP) is 1.89. The molecule has 0 saturated carbocycles. The number of amides is 1. The number of aromatic carboxylic acids is 1. The normalized spacial score (nSPS) is 18.5. The molecular formula is C14H17NO3S2. The Labute approximate surface area is 126 Å². The van der Waals surface area contributed by atoms with Gasteiger partial charge in [0.1, 0.15) is 0 Å². The van der Waals surface area contributed by atoms with Crippen molar-refractivity contribution < 1.29 is 14.7 Å². The molecule has 0 radical (unpaired) electrons. The summed E-state index contributed by atoms with van der Waals surface area (Å²) in [6.07, 6.45) is 0.118. The van der Waals surface area contributed by atoms with Crippen LogP contribution in [0, 0.1) is 0 Å². The fourth-order valence-corrected chi connectivity index (χ4v) is 4.61. The fraction of sp³-hybridized carbons (Fsp3) is 0.429. The summed E-state index contributed by atoms with van der Waals surface area (Å²) in [5, 5.41) is 12.4. The zero-order chi connectivity index (χ0) is 14.4. The van der Waals surface area contributed by atoms with E-state index in [1.807, 2.05) is 23.5 Å². The molecule has 20 heavy (non-hydrogen) atoms. The van der Waals surface area contributed by atoms with Crippen LogP contribution in [0.4, 0.5) is 0 Å². The summed E-state index contributed by atoms with van der Waals surface area (Å²) >= 11 is 3.81. The highest BCUT2D eigenvalue weighted by Crippen LogP contribution is 2.23. The first kappa shape index (κ1) is 15.3. The predicted molar refractivity (Wildman–Crippen MR) is 83.7 cm³/mol. The standard InChI is InChI=1S/C14H17NO3S2/c16-13(15-8-11-9-19-5-6-20-11)7-10-3-1-2-4-12(10)14(17)18/h1-4,11H,5-9H2,(H,15,16)(H,17,18). The van der Waals surface area contributed by atoms with Crippen LogP contribution in [0.5, 0.6) is 0 Å². The maximum atomic E-state index is 11.9. The lowest BCUT2D eigenvalue weighted by Crippen LogP contribution is -2.34. The van der Waals surface area contributed by atoms with Crippen LogP contribution < -0.4 is 5.32 Å². The van der Waals surface area contributed by atoms with Crippen LogP contribution in [0.15, 0.2) is 24.3 Å². The van der Waals surface area contributed by atoms with Crippen LogP contribution in [0.3, 0.4) is 0 Å². The number of carboxylic acid groups (broad SMARTS) is 1. The largest absolute Gasteiger partial charge is 0.478 e. The van der Waals surface area contributed by atoms with E-state index < -0.39 is 5.97 Å². The number of carboxylic acids is 1. The molecule has 4 nitrogen and oxygen atoms in total. The van der Waals surface area contributed by atoms with E-state index in [1.165, 1.54) is 11.8 Å². The monoisotopic (exact) mass is 311 g/mol. The van der Waals surface area contributed by atoms with Crippen LogP contribution in [0.25, 0.3) is 0 Å². The smallest absolute Gasteiger partial charge is 0.335 e. The summed E-state index contributed by atoms with van der Waals surface area (Å²) in [5.41, 5.74) is 0.758. The average Bonchev–Trinajstić information content (AvgIpc) is 2.46.